The summed E-state index contributed by atoms with van der Waals surface area (Å²) in [6.07, 6.45) is -0.448. The van der Waals surface area contributed by atoms with Crippen LogP contribution in [0.5, 0.6) is 0 Å². The lowest BCUT2D eigenvalue weighted by atomic mass is 10.1. The van der Waals surface area contributed by atoms with E-state index in [4.69, 9.17) is 4.74 Å². The largest absolute Gasteiger partial charge is 0.366 e. The topological polar surface area (TPSA) is 82.7 Å². The lowest BCUT2D eigenvalue weighted by Gasteiger charge is -2.22. The Labute approximate surface area is 142 Å². The molecular weight excluding hydrogens is 308 g/mol. The second-order valence-electron chi connectivity index (χ2n) is 6.04. The van der Waals surface area contributed by atoms with Crippen LogP contribution in [0.4, 0.5) is 0 Å². The van der Waals surface area contributed by atoms with E-state index in [2.05, 4.69) is 16.0 Å². The van der Waals surface area contributed by atoms with E-state index >= 15 is 0 Å². The molecule has 0 saturated carbocycles. The molecule has 3 N–H and O–H groups in total. The minimum absolute atomic E-state index is 0.107. The second-order valence-corrected chi connectivity index (χ2v) is 6.04. The Kier molecular flexibility index (Phi) is 7.17. The third-order valence-electron chi connectivity index (χ3n) is 3.72. The molecule has 1 saturated heterocycles. The van der Waals surface area contributed by atoms with E-state index in [0.29, 0.717) is 31.8 Å². The van der Waals surface area contributed by atoms with Gasteiger partial charge in [0.25, 0.3) is 11.8 Å². The predicted molar refractivity (Wildman–Crippen MR) is 91.8 cm³/mol. The third-order valence-corrected chi connectivity index (χ3v) is 3.72. The number of carbonyl (C=O) groups excluding carboxylic acids is 2. The summed E-state index contributed by atoms with van der Waals surface area (Å²) in [5.41, 5.74) is 1.48. The first-order valence-electron chi connectivity index (χ1n) is 8.18. The van der Waals surface area contributed by atoms with E-state index < -0.39 is 6.10 Å². The summed E-state index contributed by atoms with van der Waals surface area (Å²) >= 11 is 0. The summed E-state index contributed by atoms with van der Waals surface area (Å²) in [7, 11) is 3.92. The highest BCUT2D eigenvalue weighted by Crippen LogP contribution is 2.06. The van der Waals surface area contributed by atoms with Crippen LogP contribution in [0.2, 0.25) is 0 Å². The van der Waals surface area contributed by atoms with Crippen LogP contribution in [-0.2, 0) is 16.1 Å². The third kappa shape index (κ3) is 5.92. The molecule has 0 aliphatic carbocycles. The highest BCUT2D eigenvalue weighted by molar-refractivity contribution is 5.94. The average molecular weight is 334 g/mol. The summed E-state index contributed by atoms with van der Waals surface area (Å²) in [6.45, 7) is 3.60. The van der Waals surface area contributed by atoms with Gasteiger partial charge in [-0.1, -0.05) is 12.1 Å². The molecule has 1 aliphatic heterocycles. The van der Waals surface area contributed by atoms with Crippen LogP contribution in [0.3, 0.4) is 0 Å². The Bertz CT molecular complexity index is 557. The van der Waals surface area contributed by atoms with Crippen molar-refractivity contribution in [2.45, 2.75) is 12.6 Å². The van der Waals surface area contributed by atoms with Crippen LogP contribution in [0.25, 0.3) is 0 Å². The number of morpholine rings is 1. The van der Waals surface area contributed by atoms with Crippen LogP contribution in [0.15, 0.2) is 24.3 Å². The van der Waals surface area contributed by atoms with Gasteiger partial charge in [0, 0.05) is 38.3 Å². The summed E-state index contributed by atoms with van der Waals surface area (Å²) in [4.78, 5) is 26.2. The fourth-order valence-corrected chi connectivity index (χ4v) is 2.35. The average Bonchev–Trinajstić information content (AvgIpc) is 2.60. The molecule has 7 nitrogen and oxygen atoms in total. The smallest absolute Gasteiger partial charge is 0.251 e. The number of nitrogens with zero attached hydrogens (tertiary/aromatic N) is 1. The minimum atomic E-state index is -0.448. The first-order valence-corrected chi connectivity index (χ1v) is 8.18. The first-order chi connectivity index (χ1) is 11.6. The molecule has 2 rings (SSSR count). The van der Waals surface area contributed by atoms with Crippen LogP contribution >= 0.6 is 0 Å². The normalized spacial score (nSPS) is 17.5. The standard InChI is InChI=1S/C17H26N4O3/c1-21(2)8-6-19-16(22)14-5-3-4-13(10-14)11-20-17(23)15-12-18-7-9-24-15/h3-5,10,15,18H,6-9,11-12H2,1-2H3,(H,19,22)(H,20,23). The van der Waals surface area contributed by atoms with Crippen molar-refractivity contribution < 1.29 is 14.3 Å². The van der Waals surface area contributed by atoms with Crippen molar-refractivity contribution in [1.29, 1.82) is 0 Å². The molecule has 7 heteroatoms. The molecule has 132 valence electrons. The maximum Gasteiger partial charge on any atom is 0.251 e. The van der Waals surface area contributed by atoms with E-state index in [-0.39, 0.29) is 11.8 Å². The molecule has 1 heterocycles. The minimum Gasteiger partial charge on any atom is -0.366 e. The fraction of sp³-hybridized carbons (Fsp3) is 0.529. The SMILES string of the molecule is CN(C)CCNC(=O)c1cccc(CNC(=O)C2CNCCO2)c1. The van der Waals surface area contributed by atoms with Crippen LogP contribution in [-0.4, -0.2) is 69.7 Å². The van der Waals surface area contributed by atoms with Crippen molar-refractivity contribution in [3.8, 4) is 0 Å². The van der Waals surface area contributed by atoms with Crippen molar-refractivity contribution in [2.24, 2.45) is 0 Å². The van der Waals surface area contributed by atoms with Gasteiger partial charge in [-0.3, -0.25) is 9.59 Å². The van der Waals surface area contributed by atoms with Gasteiger partial charge in [0.2, 0.25) is 0 Å². The van der Waals surface area contributed by atoms with Gasteiger partial charge in [-0.15, -0.1) is 0 Å². The van der Waals surface area contributed by atoms with E-state index in [0.717, 1.165) is 18.7 Å². The van der Waals surface area contributed by atoms with Gasteiger partial charge in [0.05, 0.1) is 6.61 Å². The molecule has 1 unspecified atom stereocenters. The van der Waals surface area contributed by atoms with Crippen molar-refractivity contribution in [2.75, 3.05) is 46.9 Å². The summed E-state index contributed by atoms with van der Waals surface area (Å²) in [6, 6.07) is 7.27. The number of ether oxygens (including phenoxy) is 1. The maximum atomic E-state index is 12.1. The molecule has 1 aromatic rings. The van der Waals surface area contributed by atoms with Crippen LogP contribution < -0.4 is 16.0 Å². The molecule has 24 heavy (non-hydrogen) atoms. The van der Waals surface area contributed by atoms with Crippen LogP contribution in [0.1, 0.15) is 15.9 Å². The number of carbonyl (C=O) groups is 2. The highest BCUT2D eigenvalue weighted by Gasteiger charge is 2.21. The molecule has 0 radical (unpaired) electrons. The summed E-state index contributed by atoms with van der Waals surface area (Å²) < 4.78 is 5.41. The van der Waals surface area contributed by atoms with Gasteiger partial charge in [0.15, 0.2) is 0 Å². The first kappa shape index (κ1) is 18.4. The Morgan fingerprint density at radius 3 is 2.88 bits per heavy atom. The van der Waals surface area contributed by atoms with Crippen molar-refractivity contribution in [1.82, 2.24) is 20.9 Å². The Hall–Kier alpha value is -1.96. The zero-order chi connectivity index (χ0) is 17.4. The Morgan fingerprint density at radius 2 is 2.17 bits per heavy atom. The number of rotatable bonds is 7. The van der Waals surface area contributed by atoms with E-state index in [1.54, 1.807) is 12.1 Å². The molecule has 0 aromatic heterocycles. The van der Waals surface area contributed by atoms with Crippen molar-refractivity contribution >= 4 is 11.8 Å². The number of amides is 2. The quantitative estimate of drug-likeness (QED) is 0.631. The van der Waals surface area contributed by atoms with Gasteiger partial charge in [0.1, 0.15) is 6.10 Å². The number of hydrogen-bond donors (Lipinski definition) is 3. The number of nitrogens with one attached hydrogen (secondary N) is 3. The van der Waals surface area contributed by atoms with E-state index in [9.17, 15) is 9.59 Å². The summed E-state index contributed by atoms with van der Waals surface area (Å²) in [5.74, 6) is -0.243. The maximum absolute atomic E-state index is 12.1. The van der Waals surface area contributed by atoms with Crippen molar-refractivity contribution in [3.63, 3.8) is 0 Å². The Balaban J connectivity index is 1.83. The lowest BCUT2D eigenvalue weighted by molar-refractivity contribution is -0.134. The molecule has 2 amide bonds. The molecular formula is C17H26N4O3. The van der Waals surface area contributed by atoms with Gasteiger partial charge < -0.3 is 25.6 Å². The van der Waals surface area contributed by atoms with Crippen LogP contribution in [0, 0.1) is 0 Å². The number of benzene rings is 1. The molecule has 0 spiro atoms. The lowest BCUT2D eigenvalue weighted by Crippen LogP contribution is -2.47. The zero-order valence-corrected chi connectivity index (χ0v) is 14.3. The van der Waals surface area contributed by atoms with Gasteiger partial charge in [-0.2, -0.15) is 0 Å². The molecule has 1 fully saturated rings. The van der Waals surface area contributed by atoms with Gasteiger partial charge in [-0.25, -0.2) is 0 Å². The highest BCUT2D eigenvalue weighted by atomic mass is 16.5. The molecule has 1 aliphatic rings. The van der Waals surface area contributed by atoms with E-state index in [1.807, 2.05) is 31.1 Å². The van der Waals surface area contributed by atoms with Gasteiger partial charge >= 0.3 is 0 Å². The molecule has 1 atom stereocenters. The number of hydrogen-bond acceptors (Lipinski definition) is 5. The monoisotopic (exact) mass is 334 g/mol. The fourth-order valence-electron chi connectivity index (χ4n) is 2.35. The summed E-state index contributed by atoms with van der Waals surface area (Å²) in [5, 5.41) is 8.85. The predicted octanol–water partition coefficient (Wildman–Crippen LogP) is -0.417. The molecule has 1 aromatic carbocycles. The zero-order valence-electron chi connectivity index (χ0n) is 14.3. The Morgan fingerprint density at radius 1 is 1.33 bits per heavy atom. The van der Waals surface area contributed by atoms with Crippen molar-refractivity contribution in [3.05, 3.63) is 35.4 Å². The van der Waals surface area contributed by atoms with E-state index in [1.165, 1.54) is 0 Å². The molecule has 0 bridgehead atoms. The number of likely N-dealkylation sites (N-methyl/N-ethyl adjacent to an activating group) is 1. The second kappa shape index (κ2) is 9.36. The van der Waals surface area contributed by atoms with Gasteiger partial charge in [-0.05, 0) is 31.8 Å².